The van der Waals surface area contributed by atoms with Gasteiger partial charge in [0.05, 0.1) is 6.54 Å². The normalized spacial score (nSPS) is 19.7. The summed E-state index contributed by atoms with van der Waals surface area (Å²) >= 11 is 3.49. The number of nitrogens with one attached hydrogen (secondary N) is 2. The Balaban J connectivity index is 1.54. The first-order chi connectivity index (χ1) is 12.2. The van der Waals surface area contributed by atoms with Gasteiger partial charge in [0.15, 0.2) is 5.96 Å². The summed E-state index contributed by atoms with van der Waals surface area (Å²) in [5.74, 6) is 2.46. The number of guanidine groups is 1. The zero-order valence-electron chi connectivity index (χ0n) is 14.7. The Bertz CT molecular complexity index is 709. The van der Waals surface area contributed by atoms with Crippen molar-refractivity contribution in [2.24, 2.45) is 4.99 Å². The predicted octanol–water partition coefficient (Wildman–Crippen LogP) is 2.71. The lowest BCUT2D eigenvalue weighted by molar-refractivity contribution is 0.660. The molecule has 1 saturated carbocycles. The average molecular weight is 405 g/mol. The van der Waals surface area contributed by atoms with Crippen molar-refractivity contribution in [3.63, 3.8) is 0 Å². The van der Waals surface area contributed by atoms with Gasteiger partial charge >= 0.3 is 0 Å². The third kappa shape index (κ3) is 4.81. The predicted molar refractivity (Wildman–Crippen MR) is 104 cm³/mol. The first-order valence-electron chi connectivity index (χ1n) is 8.88. The second-order valence-corrected chi connectivity index (χ2v) is 7.12. The summed E-state index contributed by atoms with van der Waals surface area (Å²) in [4.78, 5) is 4.70. The number of aryl methyl sites for hydroxylation is 1. The van der Waals surface area contributed by atoms with Gasteiger partial charge in [0.25, 0.3) is 0 Å². The molecular formula is C18H25BrN6. The Morgan fingerprint density at radius 3 is 2.84 bits per heavy atom. The molecule has 134 valence electrons. The lowest BCUT2D eigenvalue weighted by atomic mass is 10.1. The summed E-state index contributed by atoms with van der Waals surface area (Å²) in [5.41, 5.74) is 1.38. The van der Waals surface area contributed by atoms with Crippen LogP contribution in [0.1, 0.15) is 37.6 Å². The van der Waals surface area contributed by atoms with Gasteiger partial charge in [0, 0.05) is 35.9 Å². The van der Waals surface area contributed by atoms with Gasteiger partial charge in [-0.3, -0.25) is 4.99 Å². The fraction of sp³-hybridized carbons (Fsp3) is 0.500. The molecule has 1 heterocycles. The number of aliphatic imine (C=N–C) groups is 1. The van der Waals surface area contributed by atoms with Crippen molar-refractivity contribution < 1.29 is 0 Å². The molecule has 2 atom stereocenters. The fourth-order valence-corrected chi connectivity index (χ4v) is 3.20. The van der Waals surface area contributed by atoms with Gasteiger partial charge in [-0.1, -0.05) is 35.0 Å². The van der Waals surface area contributed by atoms with E-state index in [1.165, 1.54) is 5.56 Å². The van der Waals surface area contributed by atoms with Gasteiger partial charge in [-0.05, 0) is 31.0 Å². The van der Waals surface area contributed by atoms with Crippen LogP contribution in [0, 0.1) is 0 Å². The second kappa shape index (κ2) is 8.47. The van der Waals surface area contributed by atoms with E-state index >= 15 is 0 Å². The number of aromatic nitrogens is 3. The molecule has 0 spiro atoms. The van der Waals surface area contributed by atoms with E-state index in [9.17, 15) is 0 Å². The topological polar surface area (TPSA) is 67.1 Å². The van der Waals surface area contributed by atoms with Crippen LogP contribution in [0.15, 0.2) is 40.1 Å². The van der Waals surface area contributed by atoms with E-state index in [1.54, 1.807) is 6.33 Å². The van der Waals surface area contributed by atoms with E-state index < -0.39 is 0 Å². The SMILES string of the molecule is CCNC(=NCCn1cnnc1CC)NC1CC1c1ccc(Br)cc1. The molecule has 25 heavy (non-hydrogen) atoms. The smallest absolute Gasteiger partial charge is 0.191 e. The molecule has 1 aliphatic rings. The van der Waals surface area contributed by atoms with Crippen LogP contribution in [0.4, 0.5) is 0 Å². The minimum Gasteiger partial charge on any atom is -0.357 e. The van der Waals surface area contributed by atoms with Gasteiger partial charge in [0.1, 0.15) is 12.2 Å². The fourth-order valence-electron chi connectivity index (χ4n) is 2.94. The quantitative estimate of drug-likeness (QED) is 0.549. The minimum absolute atomic E-state index is 0.458. The number of hydrogen-bond donors (Lipinski definition) is 2. The van der Waals surface area contributed by atoms with Gasteiger partial charge in [0.2, 0.25) is 0 Å². The lowest BCUT2D eigenvalue weighted by Crippen LogP contribution is -2.39. The summed E-state index contributed by atoms with van der Waals surface area (Å²) in [5, 5.41) is 15.0. The number of rotatable bonds is 7. The standard InChI is InChI=1S/C18H25BrN6/c1-3-17-24-22-12-25(17)10-9-21-18(20-4-2)23-16-11-15(16)13-5-7-14(19)8-6-13/h5-8,12,15-16H,3-4,9-11H2,1-2H3,(H2,20,21,23). The van der Waals surface area contributed by atoms with Crippen molar-refractivity contribution in [3.8, 4) is 0 Å². The van der Waals surface area contributed by atoms with E-state index in [4.69, 9.17) is 4.99 Å². The zero-order valence-corrected chi connectivity index (χ0v) is 16.3. The number of halogens is 1. The highest BCUT2D eigenvalue weighted by atomic mass is 79.9. The molecule has 1 aliphatic carbocycles. The van der Waals surface area contributed by atoms with E-state index in [1.807, 2.05) is 0 Å². The Kier molecular flexibility index (Phi) is 6.07. The molecule has 7 heteroatoms. The molecule has 1 fully saturated rings. The summed E-state index contributed by atoms with van der Waals surface area (Å²) in [6, 6.07) is 9.06. The molecule has 0 bridgehead atoms. The molecule has 3 rings (SSSR count). The molecule has 2 aromatic rings. The highest BCUT2D eigenvalue weighted by Crippen LogP contribution is 2.40. The van der Waals surface area contributed by atoms with E-state index in [-0.39, 0.29) is 0 Å². The van der Waals surface area contributed by atoms with Gasteiger partial charge < -0.3 is 15.2 Å². The van der Waals surface area contributed by atoms with E-state index in [0.29, 0.717) is 18.5 Å². The molecule has 0 saturated heterocycles. The van der Waals surface area contributed by atoms with Gasteiger partial charge in [-0.15, -0.1) is 10.2 Å². The average Bonchev–Trinajstić information content (AvgIpc) is 3.22. The molecule has 0 amide bonds. The van der Waals surface area contributed by atoms with E-state index in [2.05, 4.69) is 79.4 Å². The van der Waals surface area contributed by atoms with Crippen LogP contribution >= 0.6 is 15.9 Å². The first kappa shape index (κ1) is 17.9. The molecule has 1 aromatic carbocycles. The minimum atomic E-state index is 0.458. The molecule has 2 unspecified atom stereocenters. The van der Waals surface area contributed by atoms with Crippen LogP contribution in [-0.4, -0.2) is 39.9 Å². The van der Waals surface area contributed by atoms with Gasteiger partial charge in [-0.2, -0.15) is 0 Å². The molecular weight excluding hydrogens is 380 g/mol. The highest BCUT2D eigenvalue weighted by molar-refractivity contribution is 9.10. The largest absolute Gasteiger partial charge is 0.357 e. The van der Waals surface area contributed by atoms with Crippen LogP contribution in [0.25, 0.3) is 0 Å². The molecule has 0 aliphatic heterocycles. The maximum Gasteiger partial charge on any atom is 0.191 e. The molecule has 2 N–H and O–H groups in total. The summed E-state index contributed by atoms with van der Waals surface area (Å²) in [7, 11) is 0. The molecule has 0 radical (unpaired) electrons. The van der Waals surface area contributed by atoms with Crippen LogP contribution in [0.2, 0.25) is 0 Å². The van der Waals surface area contributed by atoms with Gasteiger partial charge in [-0.25, -0.2) is 0 Å². The Labute approximate surface area is 157 Å². The van der Waals surface area contributed by atoms with Crippen LogP contribution in [0.3, 0.4) is 0 Å². The lowest BCUT2D eigenvalue weighted by Gasteiger charge is -2.11. The van der Waals surface area contributed by atoms with Crippen LogP contribution in [-0.2, 0) is 13.0 Å². The monoisotopic (exact) mass is 404 g/mol. The zero-order chi connectivity index (χ0) is 17.6. The summed E-state index contributed by atoms with van der Waals surface area (Å²) in [6.45, 7) is 6.54. The van der Waals surface area contributed by atoms with Crippen molar-refractivity contribution in [1.29, 1.82) is 0 Å². The van der Waals surface area contributed by atoms with Crippen LogP contribution in [0.5, 0.6) is 0 Å². The first-order valence-corrected chi connectivity index (χ1v) is 9.67. The Morgan fingerprint density at radius 2 is 2.12 bits per heavy atom. The number of nitrogens with zero attached hydrogens (tertiary/aromatic N) is 4. The van der Waals surface area contributed by atoms with Crippen LogP contribution < -0.4 is 10.6 Å². The van der Waals surface area contributed by atoms with Crippen molar-refractivity contribution in [2.45, 2.75) is 45.2 Å². The number of benzene rings is 1. The molecule has 6 nitrogen and oxygen atoms in total. The van der Waals surface area contributed by atoms with Crippen molar-refractivity contribution in [3.05, 3.63) is 46.5 Å². The molecule has 1 aromatic heterocycles. The highest BCUT2D eigenvalue weighted by Gasteiger charge is 2.38. The maximum absolute atomic E-state index is 4.70. The third-order valence-corrected chi connectivity index (χ3v) is 4.91. The van der Waals surface area contributed by atoms with Crippen molar-refractivity contribution >= 4 is 21.9 Å². The number of hydrogen-bond acceptors (Lipinski definition) is 3. The maximum atomic E-state index is 4.70. The summed E-state index contributed by atoms with van der Waals surface area (Å²) < 4.78 is 3.19. The van der Waals surface area contributed by atoms with Crippen molar-refractivity contribution in [2.75, 3.05) is 13.1 Å². The second-order valence-electron chi connectivity index (χ2n) is 6.20. The Morgan fingerprint density at radius 1 is 1.32 bits per heavy atom. The van der Waals surface area contributed by atoms with E-state index in [0.717, 1.165) is 42.2 Å². The Hall–Kier alpha value is -1.89. The van der Waals surface area contributed by atoms with Crippen molar-refractivity contribution in [1.82, 2.24) is 25.4 Å². The summed E-state index contributed by atoms with van der Waals surface area (Å²) in [6.07, 6.45) is 3.82. The third-order valence-electron chi connectivity index (χ3n) is 4.38.